The Morgan fingerprint density at radius 3 is 1.37 bits per heavy atom. The molecule has 1 nitrogen and oxygen atoms in total. The molecule has 1 heteroatoms. The van der Waals surface area contributed by atoms with E-state index in [0.717, 1.165) is 24.3 Å². The van der Waals surface area contributed by atoms with Crippen molar-refractivity contribution in [3.63, 3.8) is 0 Å². The Morgan fingerprint density at radius 2 is 1.07 bits per heavy atom. The van der Waals surface area contributed by atoms with E-state index >= 15 is 0 Å². The minimum absolute atomic E-state index is 0.108. The minimum atomic E-state index is 0.108. The molecule has 0 saturated carbocycles. The molecule has 0 saturated heterocycles. The summed E-state index contributed by atoms with van der Waals surface area (Å²) in [6.45, 7) is 21.2. The molecular weight excluding hydrogens is 328 g/mol. The third-order valence-corrected chi connectivity index (χ3v) is 4.80. The van der Waals surface area contributed by atoms with Gasteiger partial charge in [-0.1, -0.05) is 78.0 Å². The maximum Gasteiger partial charge on any atom is 0.130 e. The molecular formula is C26H34O. The highest BCUT2D eigenvalue weighted by Gasteiger charge is 2.18. The summed E-state index contributed by atoms with van der Waals surface area (Å²) in [5.41, 5.74) is 5.17. The van der Waals surface area contributed by atoms with Crippen molar-refractivity contribution in [1.29, 1.82) is 0 Å². The van der Waals surface area contributed by atoms with Gasteiger partial charge in [0, 0.05) is 0 Å². The molecule has 0 aliphatic carbocycles. The number of hydrogen-bond donors (Lipinski definition) is 0. The van der Waals surface area contributed by atoms with E-state index in [9.17, 15) is 0 Å². The second-order valence-electron chi connectivity index (χ2n) is 9.23. The van der Waals surface area contributed by atoms with Gasteiger partial charge in [-0.05, 0) is 58.1 Å². The van der Waals surface area contributed by atoms with Crippen molar-refractivity contribution in [3.8, 4) is 11.5 Å². The molecule has 0 amide bonds. The molecule has 0 aliphatic rings. The molecule has 0 aliphatic heterocycles. The number of ether oxygens (including phenoxy) is 1. The Balaban J connectivity index is 2.46. The lowest BCUT2D eigenvalue weighted by Crippen LogP contribution is -2.12. The van der Waals surface area contributed by atoms with Crippen LogP contribution in [0.2, 0.25) is 0 Å². The zero-order chi connectivity index (χ0) is 20.2. The van der Waals surface area contributed by atoms with Gasteiger partial charge >= 0.3 is 0 Å². The van der Waals surface area contributed by atoms with E-state index < -0.39 is 0 Å². The number of rotatable bonds is 6. The standard InChI is InChI=1S/C26H34O/c1-9-11-19-17-21(25(3,4)5)13-15-23(19)27-24-16-14-22(26(6,7)8)18-20(24)12-10-2/h9-10,13-18H,1-2,11-12H2,3-8H3. The van der Waals surface area contributed by atoms with Gasteiger partial charge in [0.25, 0.3) is 0 Å². The number of benzene rings is 2. The highest BCUT2D eigenvalue weighted by Crippen LogP contribution is 2.35. The number of hydrogen-bond acceptors (Lipinski definition) is 1. The van der Waals surface area contributed by atoms with Crippen LogP contribution in [0.5, 0.6) is 11.5 Å². The van der Waals surface area contributed by atoms with Crippen LogP contribution in [-0.4, -0.2) is 0 Å². The van der Waals surface area contributed by atoms with Gasteiger partial charge in [0.15, 0.2) is 0 Å². The van der Waals surface area contributed by atoms with Gasteiger partial charge in [-0.15, -0.1) is 13.2 Å². The topological polar surface area (TPSA) is 9.23 Å². The van der Waals surface area contributed by atoms with Crippen LogP contribution < -0.4 is 4.74 Å². The van der Waals surface area contributed by atoms with E-state index in [2.05, 4.69) is 91.1 Å². The van der Waals surface area contributed by atoms with Gasteiger partial charge in [-0.2, -0.15) is 0 Å². The van der Waals surface area contributed by atoms with Crippen molar-refractivity contribution in [2.24, 2.45) is 0 Å². The smallest absolute Gasteiger partial charge is 0.130 e. The number of allylic oxidation sites excluding steroid dienone is 2. The van der Waals surface area contributed by atoms with E-state index in [1.165, 1.54) is 22.3 Å². The lowest BCUT2D eigenvalue weighted by atomic mass is 9.85. The van der Waals surface area contributed by atoms with Crippen molar-refractivity contribution >= 4 is 0 Å². The second-order valence-corrected chi connectivity index (χ2v) is 9.23. The third kappa shape index (κ3) is 5.35. The first-order valence-corrected chi connectivity index (χ1v) is 9.72. The summed E-state index contributed by atoms with van der Waals surface area (Å²) in [7, 11) is 0. The Labute approximate surface area is 165 Å². The monoisotopic (exact) mass is 362 g/mol. The fraction of sp³-hybridized carbons (Fsp3) is 0.385. The minimum Gasteiger partial charge on any atom is -0.457 e. The highest BCUT2D eigenvalue weighted by molar-refractivity contribution is 5.47. The average molecular weight is 363 g/mol. The third-order valence-electron chi connectivity index (χ3n) is 4.80. The summed E-state index contributed by atoms with van der Waals surface area (Å²) >= 11 is 0. The summed E-state index contributed by atoms with van der Waals surface area (Å²) in [6.07, 6.45) is 5.44. The van der Waals surface area contributed by atoms with E-state index in [1.807, 2.05) is 12.2 Å². The fourth-order valence-electron chi connectivity index (χ4n) is 3.04. The van der Waals surface area contributed by atoms with Crippen molar-refractivity contribution in [2.45, 2.75) is 65.2 Å². The quantitative estimate of drug-likeness (QED) is 0.482. The van der Waals surface area contributed by atoms with Gasteiger partial charge in [0.1, 0.15) is 11.5 Å². The average Bonchev–Trinajstić information content (AvgIpc) is 2.56. The van der Waals surface area contributed by atoms with Gasteiger partial charge in [-0.3, -0.25) is 0 Å². The van der Waals surface area contributed by atoms with Crippen molar-refractivity contribution in [3.05, 3.63) is 84.0 Å². The maximum absolute atomic E-state index is 6.39. The summed E-state index contributed by atoms with van der Waals surface area (Å²) < 4.78 is 6.39. The Kier molecular flexibility index (Phi) is 6.36. The van der Waals surface area contributed by atoms with Crippen LogP contribution in [0.25, 0.3) is 0 Å². The highest BCUT2D eigenvalue weighted by atomic mass is 16.5. The van der Waals surface area contributed by atoms with Gasteiger partial charge in [-0.25, -0.2) is 0 Å². The second kappa shape index (κ2) is 8.17. The van der Waals surface area contributed by atoms with Crippen LogP contribution in [0.3, 0.4) is 0 Å². The maximum atomic E-state index is 6.39. The molecule has 0 fully saturated rings. The van der Waals surface area contributed by atoms with Crippen LogP contribution >= 0.6 is 0 Å². The first-order chi connectivity index (χ1) is 12.6. The van der Waals surface area contributed by atoms with E-state index in [4.69, 9.17) is 4.74 Å². The molecule has 0 atom stereocenters. The normalized spacial score (nSPS) is 11.9. The van der Waals surface area contributed by atoms with Crippen LogP contribution in [0.4, 0.5) is 0 Å². The molecule has 0 radical (unpaired) electrons. The first kappa shape index (κ1) is 21.0. The van der Waals surface area contributed by atoms with Crippen molar-refractivity contribution in [1.82, 2.24) is 0 Å². The largest absolute Gasteiger partial charge is 0.457 e. The van der Waals surface area contributed by atoms with Crippen LogP contribution in [0.1, 0.15) is 63.8 Å². The summed E-state index contributed by atoms with van der Waals surface area (Å²) in [6, 6.07) is 13.0. The molecule has 2 rings (SSSR count). The van der Waals surface area contributed by atoms with E-state index in [0.29, 0.717) is 0 Å². The molecule has 2 aromatic carbocycles. The van der Waals surface area contributed by atoms with Crippen LogP contribution in [0, 0.1) is 0 Å². The Morgan fingerprint density at radius 1 is 0.704 bits per heavy atom. The first-order valence-electron chi connectivity index (χ1n) is 9.72. The zero-order valence-corrected chi connectivity index (χ0v) is 17.9. The molecule has 144 valence electrons. The predicted octanol–water partition coefficient (Wildman–Crippen LogP) is 7.53. The van der Waals surface area contributed by atoms with E-state index in [1.54, 1.807) is 0 Å². The fourth-order valence-corrected chi connectivity index (χ4v) is 3.04. The van der Waals surface area contributed by atoms with Crippen LogP contribution in [-0.2, 0) is 23.7 Å². The Hall–Kier alpha value is -2.28. The molecule has 0 spiro atoms. The zero-order valence-electron chi connectivity index (χ0n) is 17.9. The lowest BCUT2D eigenvalue weighted by molar-refractivity contribution is 0.470. The summed E-state index contributed by atoms with van der Waals surface area (Å²) in [5, 5.41) is 0. The van der Waals surface area contributed by atoms with Crippen molar-refractivity contribution < 1.29 is 4.74 Å². The molecule has 0 bridgehead atoms. The molecule has 0 aromatic heterocycles. The molecule has 0 heterocycles. The molecule has 2 aromatic rings. The lowest BCUT2D eigenvalue weighted by Gasteiger charge is -2.23. The van der Waals surface area contributed by atoms with Gasteiger partial charge in [0.05, 0.1) is 0 Å². The summed E-state index contributed by atoms with van der Waals surface area (Å²) in [5.74, 6) is 1.80. The molecule has 0 unspecified atom stereocenters. The Bertz CT molecular complexity index is 744. The van der Waals surface area contributed by atoms with Crippen molar-refractivity contribution in [2.75, 3.05) is 0 Å². The predicted molar refractivity (Wildman–Crippen MR) is 118 cm³/mol. The molecule has 0 N–H and O–H groups in total. The van der Waals surface area contributed by atoms with Crippen LogP contribution in [0.15, 0.2) is 61.7 Å². The van der Waals surface area contributed by atoms with Gasteiger partial charge in [0.2, 0.25) is 0 Å². The van der Waals surface area contributed by atoms with Gasteiger partial charge < -0.3 is 4.74 Å². The molecule has 27 heavy (non-hydrogen) atoms. The summed E-state index contributed by atoms with van der Waals surface area (Å²) in [4.78, 5) is 0. The SMILES string of the molecule is C=CCc1cc(C(C)(C)C)ccc1Oc1ccc(C(C)(C)C)cc1CC=C. The van der Waals surface area contributed by atoms with E-state index in [-0.39, 0.29) is 10.8 Å².